The van der Waals surface area contributed by atoms with Gasteiger partial charge in [0.25, 0.3) is 0 Å². The first-order chi connectivity index (χ1) is 13.2. The Balaban J connectivity index is 1.48. The summed E-state index contributed by atoms with van der Waals surface area (Å²) in [6.07, 6.45) is 2.01. The summed E-state index contributed by atoms with van der Waals surface area (Å²) in [5.74, 6) is 0.549. The van der Waals surface area contributed by atoms with Crippen molar-refractivity contribution < 1.29 is 14.4 Å². The van der Waals surface area contributed by atoms with Crippen molar-refractivity contribution in [2.75, 3.05) is 13.1 Å². The Morgan fingerprint density at radius 1 is 1.15 bits per heavy atom. The molecule has 1 N–H and O–H groups in total. The SMILES string of the molecule is O=C(O)c1ccccc1CN1CCCC(c2nc(-c3ccccc3)no2)C1. The average molecular weight is 363 g/mol. The average Bonchev–Trinajstić information content (AvgIpc) is 3.19. The van der Waals surface area contributed by atoms with Crippen LogP contribution < -0.4 is 0 Å². The van der Waals surface area contributed by atoms with Gasteiger partial charge in [-0.05, 0) is 31.0 Å². The predicted molar refractivity (Wildman–Crippen MR) is 100 cm³/mol. The van der Waals surface area contributed by atoms with Crippen molar-refractivity contribution in [2.45, 2.75) is 25.3 Å². The number of hydrogen-bond acceptors (Lipinski definition) is 5. The number of likely N-dealkylation sites (tertiary alicyclic amines) is 1. The molecule has 0 saturated carbocycles. The fourth-order valence-electron chi connectivity index (χ4n) is 3.61. The molecule has 1 aliphatic heterocycles. The highest BCUT2D eigenvalue weighted by Crippen LogP contribution is 2.28. The van der Waals surface area contributed by atoms with Crippen LogP contribution in [-0.2, 0) is 6.54 Å². The van der Waals surface area contributed by atoms with E-state index in [1.54, 1.807) is 12.1 Å². The normalized spacial score (nSPS) is 17.7. The van der Waals surface area contributed by atoms with Gasteiger partial charge in [-0.15, -0.1) is 0 Å². The number of nitrogens with zero attached hydrogens (tertiary/aromatic N) is 3. The fourth-order valence-corrected chi connectivity index (χ4v) is 3.61. The van der Waals surface area contributed by atoms with E-state index in [1.807, 2.05) is 42.5 Å². The third-order valence-electron chi connectivity index (χ3n) is 4.97. The van der Waals surface area contributed by atoms with Gasteiger partial charge >= 0.3 is 5.97 Å². The molecule has 0 aliphatic carbocycles. The highest BCUT2D eigenvalue weighted by atomic mass is 16.5. The molecule has 1 atom stereocenters. The molecule has 6 nitrogen and oxygen atoms in total. The van der Waals surface area contributed by atoms with Gasteiger partial charge in [-0.3, -0.25) is 4.90 Å². The molecule has 1 unspecified atom stereocenters. The summed E-state index contributed by atoms with van der Waals surface area (Å²) in [5.41, 5.74) is 2.14. The predicted octanol–water partition coefficient (Wildman–Crippen LogP) is 3.81. The molecule has 1 aliphatic rings. The minimum Gasteiger partial charge on any atom is -0.478 e. The number of carbonyl (C=O) groups is 1. The van der Waals surface area contributed by atoms with E-state index in [-0.39, 0.29) is 5.92 Å². The minimum absolute atomic E-state index is 0.167. The van der Waals surface area contributed by atoms with Gasteiger partial charge in [0.2, 0.25) is 11.7 Å². The van der Waals surface area contributed by atoms with Crippen LogP contribution in [0, 0.1) is 0 Å². The van der Waals surface area contributed by atoms with Crippen molar-refractivity contribution >= 4 is 5.97 Å². The lowest BCUT2D eigenvalue weighted by atomic mass is 9.97. The molecule has 0 amide bonds. The summed E-state index contributed by atoms with van der Waals surface area (Å²) in [4.78, 5) is 18.3. The third-order valence-corrected chi connectivity index (χ3v) is 4.97. The molecule has 0 bridgehead atoms. The Morgan fingerprint density at radius 2 is 1.93 bits per heavy atom. The van der Waals surface area contributed by atoms with Crippen molar-refractivity contribution in [1.82, 2.24) is 15.0 Å². The maximum Gasteiger partial charge on any atom is 0.336 e. The zero-order valence-corrected chi connectivity index (χ0v) is 14.9. The van der Waals surface area contributed by atoms with Crippen molar-refractivity contribution in [3.63, 3.8) is 0 Å². The molecule has 2 aromatic carbocycles. The number of hydrogen-bond donors (Lipinski definition) is 1. The van der Waals surface area contributed by atoms with Gasteiger partial charge in [0.1, 0.15) is 0 Å². The molecule has 0 spiro atoms. The second-order valence-corrected chi connectivity index (χ2v) is 6.86. The highest BCUT2D eigenvalue weighted by molar-refractivity contribution is 5.89. The van der Waals surface area contributed by atoms with Crippen molar-refractivity contribution in [1.29, 1.82) is 0 Å². The largest absolute Gasteiger partial charge is 0.478 e. The van der Waals surface area contributed by atoms with Crippen molar-refractivity contribution in [3.8, 4) is 11.4 Å². The lowest BCUT2D eigenvalue weighted by Crippen LogP contribution is -2.34. The molecule has 3 aromatic rings. The van der Waals surface area contributed by atoms with E-state index in [1.165, 1.54) is 0 Å². The number of benzene rings is 2. The molecule has 6 heteroatoms. The van der Waals surface area contributed by atoms with Gasteiger partial charge in [0, 0.05) is 18.7 Å². The summed E-state index contributed by atoms with van der Waals surface area (Å²) in [7, 11) is 0. The van der Waals surface area contributed by atoms with Crippen LogP contribution in [0.5, 0.6) is 0 Å². The molecule has 27 heavy (non-hydrogen) atoms. The molecule has 138 valence electrons. The molecule has 2 heterocycles. The fraction of sp³-hybridized carbons (Fsp3) is 0.286. The Bertz CT molecular complexity index is 923. The maximum absolute atomic E-state index is 11.4. The lowest BCUT2D eigenvalue weighted by Gasteiger charge is -2.31. The summed E-state index contributed by atoms with van der Waals surface area (Å²) < 4.78 is 5.54. The van der Waals surface area contributed by atoms with Gasteiger partial charge < -0.3 is 9.63 Å². The first-order valence-electron chi connectivity index (χ1n) is 9.13. The van der Waals surface area contributed by atoms with E-state index in [0.29, 0.717) is 23.8 Å². The third kappa shape index (κ3) is 3.90. The molecule has 0 radical (unpaired) electrons. The van der Waals surface area contributed by atoms with Crippen molar-refractivity contribution in [2.24, 2.45) is 0 Å². The van der Waals surface area contributed by atoms with Crippen LogP contribution in [-0.4, -0.2) is 39.2 Å². The molecular formula is C21H21N3O3. The molecule has 1 fully saturated rings. The van der Waals surface area contributed by atoms with Crippen LogP contribution in [0.4, 0.5) is 0 Å². The van der Waals surface area contributed by atoms with Gasteiger partial charge in [-0.1, -0.05) is 53.7 Å². The van der Waals surface area contributed by atoms with E-state index in [9.17, 15) is 9.90 Å². The van der Waals surface area contributed by atoms with Gasteiger partial charge in [-0.25, -0.2) is 4.79 Å². The van der Waals surface area contributed by atoms with E-state index < -0.39 is 5.97 Å². The Morgan fingerprint density at radius 3 is 2.74 bits per heavy atom. The van der Waals surface area contributed by atoms with Crippen LogP contribution in [0.15, 0.2) is 59.1 Å². The number of carboxylic acid groups (broad SMARTS) is 1. The van der Waals surface area contributed by atoms with Crippen LogP contribution in [0.3, 0.4) is 0 Å². The number of rotatable bonds is 5. The van der Waals surface area contributed by atoms with Crippen molar-refractivity contribution in [3.05, 3.63) is 71.6 Å². The van der Waals surface area contributed by atoms with Crippen LogP contribution in [0.25, 0.3) is 11.4 Å². The van der Waals surface area contributed by atoms with Crippen LogP contribution >= 0.6 is 0 Å². The zero-order valence-electron chi connectivity index (χ0n) is 14.9. The Kier molecular flexibility index (Phi) is 4.98. The number of piperidine rings is 1. The van der Waals surface area contributed by atoms with Gasteiger partial charge in [0.05, 0.1) is 11.5 Å². The Hall–Kier alpha value is -2.99. The Labute approximate surface area is 157 Å². The standard InChI is InChI=1S/C21H21N3O3/c25-21(26)18-11-5-4-9-16(18)13-24-12-6-10-17(14-24)20-22-19(23-27-20)15-7-2-1-3-8-15/h1-5,7-9,11,17H,6,10,12-14H2,(H,25,26). The monoisotopic (exact) mass is 363 g/mol. The van der Waals surface area contributed by atoms with Gasteiger partial charge in [-0.2, -0.15) is 4.98 Å². The quantitative estimate of drug-likeness (QED) is 0.742. The van der Waals surface area contributed by atoms with E-state index in [4.69, 9.17) is 4.52 Å². The molecule has 1 aromatic heterocycles. The number of aromatic carboxylic acids is 1. The smallest absolute Gasteiger partial charge is 0.336 e. The summed E-state index contributed by atoms with van der Waals surface area (Å²) in [6, 6.07) is 17.0. The molecular weight excluding hydrogens is 342 g/mol. The second kappa shape index (κ2) is 7.72. The van der Waals surface area contributed by atoms with Crippen LogP contribution in [0.2, 0.25) is 0 Å². The molecule has 4 rings (SSSR count). The van der Waals surface area contributed by atoms with E-state index in [0.717, 1.165) is 37.1 Å². The second-order valence-electron chi connectivity index (χ2n) is 6.86. The number of aromatic nitrogens is 2. The summed E-state index contributed by atoms with van der Waals surface area (Å²) >= 11 is 0. The lowest BCUT2D eigenvalue weighted by molar-refractivity contribution is 0.0693. The number of carboxylic acids is 1. The van der Waals surface area contributed by atoms with E-state index in [2.05, 4.69) is 15.0 Å². The first kappa shape index (κ1) is 17.4. The summed E-state index contributed by atoms with van der Waals surface area (Å²) in [5, 5.41) is 13.5. The zero-order chi connectivity index (χ0) is 18.6. The summed E-state index contributed by atoms with van der Waals surface area (Å²) in [6.45, 7) is 2.33. The van der Waals surface area contributed by atoms with E-state index >= 15 is 0 Å². The first-order valence-corrected chi connectivity index (χ1v) is 9.13. The van der Waals surface area contributed by atoms with Gasteiger partial charge in [0.15, 0.2) is 0 Å². The molecule has 1 saturated heterocycles. The maximum atomic E-state index is 11.4. The minimum atomic E-state index is -0.886. The topological polar surface area (TPSA) is 79.5 Å². The highest BCUT2D eigenvalue weighted by Gasteiger charge is 2.27. The van der Waals surface area contributed by atoms with Crippen LogP contribution in [0.1, 0.15) is 40.6 Å².